The topological polar surface area (TPSA) is 33.1 Å². The molecule has 0 radical (unpaired) electrons. The van der Waals surface area contributed by atoms with Gasteiger partial charge in [-0.2, -0.15) is 0 Å². The molecular formula is C12H11ClFNOS. The van der Waals surface area contributed by atoms with Crippen LogP contribution < -0.4 is 0 Å². The summed E-state index contributed by atoms with van der Waals surface area (Å²) in [4.78, 5) is 4.80. The van der Waals surface area contributed by atoms with Crippen molar-refractivity contribution in [2.75, 3.05) is 0 Å². The molecule has 90 valence electrons. The first-order valence-electron chi connectivity index (χ1n) is 5.11. The van der Waals surface area contributed by atoms with Gasteiger partial charge in [0.2, 0.25) is 0 Å². The van der Waals surface area contributed by atoms with E-state index in [1.54, 1.807) is 18.3 Å². The Balaban J connectivity index is 2.18. The number of aryl methyl sites for hydroxylation is 1. The minimum atomic E-state index is -0.742. The average Bonchev–Trinajstić information content (AvgIpc) is 2.72. The van der Waals surface area contributed by atoms with E-state index in [0.717, 1.165) is 9.88 Å². The van der Waals surface area contributed by atoms with Crippen LogP contribution in [0.5, 0.6) is 0 Å². The number of thiazole rings is 1. The van der Waals surface area contributed by atoms with Crippen LogP contribution in [0.1, 0.15) is 21.6 Å². The molecular weight excluding hydrogens is 261 g/mol. The standard InChI is InChI=1S/C12H11ClFNOS/c1-7-15-6-11(17-7)10(16)5-8-3-2-4-9(13)12(8)14/h2-4,6,10,16H,5H2,1H3. The van der Waals surface area contributed by atoms with Gasteiger partial charge in [0.15, 0.2) is 0 Å². The van der Waals surface area contributed by atoms with Crippen LogP contribution in [-0.2, 0) is 6.42 Å². The minimum absolute atomic E-state index is 0.0789. The van der Waals surface area contributed by atoms with Gasteiger partial charge in [0.1, 0.15) is 5.82 Å². The maximum atomic E-state index is 13.6. The Kier molecular flexibility index (Phi) is 3.76. The molecule has 0 aliphatic rings. The van der Waals surface area contributed by atoms with Crippen molar-refractivity contribution in [1.29, 1.82) is 0 Å². The van der Waals surface area contributed by atoms with Crippen LogP contribution in [0.15, 0.2) is 24.4 Å². The number of aliphatic hydroxyl groups excluding tert-OH is 1. The Hall–Kier alpha value is -0.970. The summed E-state index contributed by atoms with van der Waals surface area (Å²) < 4.78 is 13.6. The quantitative estimate of drug-likeness (QED) is 0.927. The van der Waals surface area contributed by atoms with Crippen molar-refractivity contribution in [2.24, 2.45) is 0 Å². The lowest BCUT2D eigenvalue weighted by molar-refractivity contribution is 0.180. The summed E-state index contributed by atoms with van der Waals surface area (Å²) in [6, 6.07) is 4.79. The van der Waals surface area contributed by atoms with Gasteiger partial charge in [-0.05, 0) is 18.6 Å². The van der Waals surface area contributed by atoms with E-state index in [-0.39, 0.29) is 11.4 Å². The van der Waals surface area contributed by atoms with E-state index in [9.17, 15) is 9.50 Å². The zero-order chi connectivity index (χ0) is 12.4. The first kappa shape index (κ1) is 12.5. The van der Waals surface area contributed by atoms with E-state index in [1.165, 1.54) is 17.4 Å². The highest BCUT2D eigenvalue weighted by Crippen LogP contribution is 2.26. The van der Waals surface area contributed by atoms with E-state index in [0.29, 0.717) is 5.56 Å². The molecule has 1 atom stereocenters. The number of nitrogens with zero attached hydrogens (tertiary/aromatic N) is 1. The van der Waals surface area contributed by atoms with Gasteiger partial charge in [0.05, 0.1) is 21.0 Å². The Morgan fingerprint density at radius 2 is 2.29 bits per heavy atom. The molecule has 0 aliphatic heterocycles. The molecule has 0 amide bonds. The molecule has 2 aromatic rings. The molecule has 0 saturated heterocycles. The Morgan fingerprint density at radius 3 is 2.94 bits per heavy atom. The van der Waals surface area contributed by atoms with Crippen molar-refractivity contribution < 1.29 is 9.50 Å². The highest BCUT2D eigenvalue weighted by Gasteiger charge is 2.15. The molecule has 0 saturated carbocycles. The molecule has 2 nitrogen and oxygen atoms in total. The maximum absolute atomic E-state index is 13.6. The summed E-state index contributed by atoms with van der Waals surface area (Å²) in [7, 11) is 0. The SMILES string of the molecule is Cc1ncc(C(O)Cc2cccc(Cl)c2F)s1. The maximum Gasteiger partial charge on any atom is 0.145 e. The minimum Gasteiger partial charge on any atom is -0.387 e. The molecule has 0 aliphatic carbocycles. The number of hydrogen-bond donors (Lipinski definition) is 1. The fourth-order valence-electron chi connectivity index (χ4n) is 1.55. The monoisotopic (exact) mass is 271 g/mol. The van der Waals surface area contributed by atoms with E-state index in [1.807, 2.05) is 6.92 Å². The molecule has 5 heteroatoms. The number of aliphatic hydroxyl groups is 1. The molecule has 0 fully saturated rings. The van der Waals surface area contributed by atoms with Crippen LogP contribution in [0.25, 0.3) is 0 Å². The first-order valence-corrected chi connectivity index (χ1v) is 6.30. The predicted molar refractivity (Wildman–Crippen MR) is 66.9 cm³/mol. The first-order chi connectivity index (χ1) is 8.08. The fraction of sp³-hybridized carbons (Fsp3) is 0.250. The van der Waals surface area contributed by atoms with Crippen molar-refractivity contribution >= 4 is 22.9 Å². The van der Waals surface area contributed by atoms with E-state index in [4.69, 9.17) is 11.6 Å². The Labute approximate surface area is 108 Å². The van der Waals surface area contributed by atoms with Crippen molar-refractivity contribution in [2.45, 2.75) is 19.4 Å². The molecule has 0 spiro atoms. The number of hydrogen-bond acceptors (Lipinski definition) is 3. The second kappa shape index (κ2) is 5.12. The smallest absolute Gasteiger partial charge is 0.145 e. The van der Waals surface area contributed by atoms with Gasteiger partial charge in [-0.15, -0.1) is 11.3 Å². The van der Waals surface area contributed by atoms with Crippen LogP contribution in [-0.4, -0.2) is 10.1 Å². The van der Waals surface area contributed by atoms with Gasteiger partial charge >= 0.3 is 0 Å². The molecule has 1 aromatic heterocycles. The van der Waals surface area contributed by atoms with E-state index in [2.05, 4.69) is 4.98 Å². The summed E-state index contributed by atoms with van der Waals surface area (Å²) in [6.07, 6.45) is 1.08. The normalized spacial score (nSPS) is 12.7. The predicted octanol–water partition coefficient (Wildman–Crippen LogP) is 3.52. The van der Waals surface area contributed by atoms with Crippen LogP contribution in [0.4, 0.5) is 4.39 Å². The summed E-state index contributed by atoms with van der Waals surface area (Å²) in [5, 5.41) is 10.9. The molecule has 1 aromatic carbocycles. The van der Waals surface area contributed by atoms with Crippen LogP contribution >= 0.6 is 22.9 Å². The van der Waals surface area contributed by atoms with Crippen LogP contribution in [0.2, 0.25) is 5.02 Å². The van der Waals surface area contributed by atoms with Crippen LogP contribution in [0.3, 0.4) is 0 Å². The van der Waals surface area contributed by atoms with Crippen molar-refractivity contribution in [3.8, 4) is 0 Å². The van der Waals surface area contributed by atoms with Gasteiger partial charge in [-0.1, -0.05) is 23.7 Å². The van der Waals surface area contributed by atoms with Crippen molar-refractivity contribution in [1.82, 2.24) is 4.98 Å². The second-order valence-electron chi connectivity index (χ2n) is 3.71. The summed E-state index contributed by atoms with van der Waals surface area (Å²) >= 11 is 7.09. The van der Waals surface area contributed by atoms with Gasteiger partial charge in [-0.3, -0.25) is 0 Å². The Morgan fingerprint density at radius 1 is 1.53 bits per heavy atom. The zero-order valence-electron chi connectivity index (χ0n) is 9.15. The van der Waals surface area contributed by atoms with Crippen LogP contribution in [0, 0.1) is 12.7 Å². The molecule has 17 heavy (non-hydrogen) atoms. The fourth-order valence-corrected chi connectivity index (χ4v) is 2.51. The number of benzene rings is 1. The summed E-state index contributed by atoms with van der Waals surface area (Å²) in [5.74, 6) is -0.463. The molecule has 1 heterocycles. The summed E-state index contributed by atoms with van der Waals surface area (Å²) in [5.41, 5.74) is 0.413. The third kappa shape index (κ3) is 2.83. The van der Waals surface area contributed by atoms with Crippen molar-refractivity contribution in [3.63, 3.8) is 0 Å². The van der Waals surface area contributed by atoms with E-state index >= 15 is 0 Å². The third-order valence-corrected chi connectivity index (χ3v) is 3.72. The largest absolute Gasteiger partial charge is 0.387 e. The lowest BCUT2D eigenvalue weighted by atomic mass is 10.1. The lowest BCUT2D eigenvalue weighted by Crippen LogP contribution is -2.02. The van der Waals surface area contributed by atoms with Crippen molar-refractivity contribution in [3.05, 3.63) is 50.7 Å². The second-order valence-corrected chi connectivity index (χ2v) is 5.39. The third-order valence-electron chi connectivity index (χ3n) is 2.41. The molecule has 1 unspecified atom stereocenters. The average molecular weight is 272 g/mol. The Bertz CT molecular complexity index is 529. The highest BCUT2D eigenvalue weighted by atomic mass is 35.5. The molecule has 2 rings (SSSR count). The number of rotatable bonds is 3. The number of aromatic nitrogens is 1. The number of halogens is 2. The zero-order valence-corrected chi connectivity index (χ0v) is 10.7. The lowest BCUT2D eigenvalue weighted by Gasteiger charge is -2.09. The van der Waals surface area contributed by atoms with E-state index < -0.39 is 11.9 Å². The summed E-state index contributed by atoms with van der Waals surface area (Å²) in [6.45, 7) is 1.86. The van der Waals surface area contributed by atoms with Gasteiger partial charge in [0, 0.05) is 12.6 Å². The molecule has 1 N–H and O–H groups in total. The van der Waals surface area contributed by atoms with Gasteiger partial charge in [-0.25, -0.2) is 9.37 Å². The van der Waals surface area contributed by atoms with Gasteiger partial charge < -0.3 is 5.11 Å². The molecule has 0 bridgehead atoms. The van der Waals surface area contributed by atoms with Gasteiger partial charge in [0.25, 0.3) is 0 Å². The highest BCUT2D eigenvalue weighted by molar-refractivity contribution is 7.11.